The number of nitrogens with one attached hydrogen (secondary N) is 2. The lowest BCUT2D eigenvalue weighted by Crippen LogP contribution is -2.38. The van der Waals surface area contributed by atoms with Gasteiger partial charge in [0, 0.05) is 11.8 Å². The molecule has 2 aromatic carbocycles. The number of benzene rings is 2. The maximum absolute atomic E-state index is 14.4. The van der Waals surface area contributed by atoms with E-state index in [2.05, 4.69) is 15.6 Å². The Labute approximate surface area is 188 Å². The van der Waals surface area contributed by atoms with Gasteiger partial charge in [-0.3, -0.25) is 14.0 Å². The summed E-state index contributed by atoms with van der Waals surface area (Å²) in [4.78, 5) is 29.7. The van der Waals surface area contributed by atoms with E-state index in [1.807, 2.05) is 0 Å². The first-order chi connectivity index (χ1) is 16.0. The van der Waals surface area contributed by atoms with Gasteiger partial charge in [0.15, 0.2) is 0 Å². The van der Waals surface area contributed by atoms with Crippen molar-refractivity contribution in [2.45, 2.75) is 12.1 Å². The first-order valence-corrected chi connectivity index (χ1v) is 10.2. The number of imidazole rings is 1. The number of pyridine rings is 1. The summed E-state index contributed by atoms with van der Waals surface area (Å²) in [6, 6.07) is 16.6. The van der Waals surface area contributed by atoms with Crippen molar-refractivity contribution in [1.29, 1.82) is 0 Å². The minimum Gasteiger partial charge on any atom is -0.394 e. The van der Waals surface area contributed by atoms with Crippen LogP contribution in [0.25, 0.3) is 5.65 Å². The lowest BCUT2D eigenvalue weighted by Gasteiger charge is -2.23. The molecule has 4 rings (SSSR count). The number of hydrogen-bond acceptors (Lipinski definition) is 5. The Balaban J connectivity index is 1.56. The number of amides is 2. The molecule has 0 aliphatic carbocycles. The topological polar surface area (TPSA) is 116 Å². The molecule has 0 aliphatic heterocycles. The van der Waals surface area contributed by atoms with E-state index in [1.54, 1.807) is 59.1 Å². The van der Waals surface area contributed by atoms with Crippen LogP contribution in [-0.4, -0.2) is 44.1 Å². The van der Waals surface area contributed by atoms with E-state index >= 15 is 0 Å². The number of aromatic nitrogens is 2. The molecule has 0 aliphatic rings. The highest BCUT2D eigenvalue weighted by molar-refractivity contribution is 6.04. The van der Waals surface area contributed by atoms with E-state index in [1.165, 1.54) is 18.3 Å². The fraction of sp³-hybridized carbons (Fsp3) is 0.125. The first-order valence-electron chi connectivity index (χ1n) is 10.2. The maximum atomic E-state index is 14.4. The van der Waals surface area contributed by atoms with Gasteiger partial charge in [-0.2, -0.15) is 0 Å². The van der Waals surface area contributed by atoms with Gasteiger partial charge in [0.2, 0.25) is 0 Å². The zero-order chi connectivity index (χ0) is 23.4. The number of hydrogen-bond donors (Lipinski definition) is 4. The quantitative estimate of drug-likeness (QED) is 0.347. The standard InChI is InChI=1S/C24H21FN4O4/c25-17-10-9-16(23(32)28-22(20(31)14-30)15-6-2-1-3-7-15)12-18(17)27-24(33)19-13-26-21-8-4-5-11-29(19)21/h1-13,20,22,30-31H,14H2,(H,27,33)(H,28,32)/t20-,22+/m1/s1. The molecule has 2 heterocycles. The Kier molecular flexibility index (Phi) is 6.43. The summed E-state index contributed by atoms with van der Waals surface area (Å²) in [7, 11) is 0. The van der Waals surface area contributed by atoms with Crippen molar-refractivity contribution in [3.05, 3.63) is 102 Å². The number of rotatable bonds is 7. The molecule has 2 amide bonds. The average Bonchev–Trinajstić information content (AvgIpc) is 3.28. The summed E-state index contributed by atoms with van der Waals surface area (Å²) >= 11 is 0. The summed E-state index contributed by atoms with van der Waals surface area (Å²) in [6.07, 6.45) is 1.79. The van der Waals surface area contributed by atoms with Gasteiger partial charge in [0.1, 0.15) is 23.3 Å². The van der Waals surface area contributed by atoms with Gasteiger partial charge in [-0.05, 0) is 35.9 Å². The molecule has 168 valence electrons. The van der Waals surface area contributed by atoms with Crippen LogP contribution in [0.1, 0.15) is 32.5 Å². The van der Waals surface area contributed by atoms with Crippen LogP contribution in [0.5, 0.6) is 0 Å². The number of nitrogens with zero attached hydrogens (tertiary/aromatic N) is 2. The van der Waals surface area contributed by atoms with E-state index in [-0.39, 0.29) is 16.9 Å². The molecule has 0 radical (unpaired) electrons. The summed E-state index contributed by atoms with van der Waals surface area (Å²) in [6.45, 7) is -0.566. The van der Waals surface area contributed by atoms with Gasteiger partial charge in [0.25, 0.3) is 11.8 Å². The normalized spacial score (nSPS) is 12.8. The predicted molar refractivity (Wildman–Crippen MR) is 119 cm³/mol. The number of aliphatic hydroxyl groups is 2. The molecule has 33 heavy (non-hydrogen) atoms. The second kappa shape index (κ2) is 9.60. The number of fused-ring (bicyclic) bond motifs is 1. The number of halogens is 1. The Morgan fingerprint density at radius 3 is 2.55 bits per heavy atom. The monoisotopic (exact) mass is 448 g/mol. The number of aliphatic hydroxyl groups excluding tert-OH is 2. The van der Waals surface area contributed by atoms with Gasteiger partial charge in [-0.15, -0.1) is 0 Å². The molecule has 2 atom stereocenters. The average molecular weight is 448 g/mol. The summed E-state index contributed by atoms with van der Waals surface area (Å²) in [5, 5.41) is 24.7. The number of carbonyl (C=O) groups is 2. The van der Waals surface area contributed by atoms with Crippen molar-refractivity contribution in [2.24, 2.45) is 0 Å². The Morgan fingerprint density at radius 2 is 1.79 bits per heavy atom. The van der Waals surface area contributed by atoms with Gasteiger partial charge in [-0.1, -0.05) is 36.4 Å². The highest BCUT2D eigenvalue weighted by Crippen LogP contribution is 2.21. The third kappa shape index (κ3) is 4.74. The Bertz CT molecular complexity index is 1290. The van der Waals surface area contributed by atoms with Crippen LogP contribution in [0.4, 0.5) is 10.1 Å². The van der Waals surface area contributed by atoms with E-state index in [4.69, 9.17) is 0 Å². The fourth-order valence-corrected chi connectivity index (χ4v) is 3.44. The third-order valence-corrected chi connectivity index (χ3v) is 5.14. The SMILES string of the molecule is O=C(N[C@@H](c1ccccc1)[C@H](O)CO)c1ccc(F)c(NC(=O)c2cnc3ccccn23)c1. The molecule has 0 unspecified atom stereocenters. The molecule has 4 aromatic rings. The molecule has 4 N–H and O–H groups in total. The van der Waals surface area contributed by atoms with Crippen LogP contribution >= 0.6 is 0 Å². The minimum absolute atomic E-state index is 0.0657. The summed E-state index contributed by atoms with van der Waals surface area (Å²) in [5.74, 6) is -1.92. The van der Waals surface area contributed by atoms with Crippen LogP contribution in [0.2, 0.25) is 0 Å². The number of carbonyl (C=O) groups excluding carboxylic acids is 2. The largest absolute Gasteiger partial charge is 0.394 e. The van der Waals surface area contributed by atoms with Gasteiger partial charge < -0.3 is 20.8 Å². The van der Waals surface area contributed by atoms with Crippen molar-refractivity contribution in [2.75, 3.05) is 11.9 Å². The molecule has 9 heteroatoms. The summed E-state index contributed by atoms with van der Waals surface area (Å²) in [5.41, 5.74) is 1.24. The van der Waals surface area contributed by atoms with Crippen molar-refractivity contribution in [3.63, 3.8) is 0 Å². The van der Waals surface area contributed by atoms with Crippen molar-refractivity contribution >= 4 is 23.1 Å². The van der Waals surface area contributed by atoms with Crippen LogP contribution in [0.3, 0.4) is 0 Å². The highest BCUT2D eigenvalue weighted by atomic mass is 19.1. The van der Waals surface area contributed by atoms with Crippen LogP contribution in [-0.2, 0) is 0 Å². The van der Waals surface area contributed by atoms with Gasteiger partial charge in [0.05, 0.1) is 24.5 Å². The molecule has 0 saturated heterocycles. The van der Waals surface area contributed by atoms with Crippen LogP contribution in [0.15, 0.2) is 79.1 Å². The third-order valence-electron chi connectivity index (χ3n) is 5.14. The fourth-order valence-electron chi connectivity index (χ4n) is 3.44. The van der Waals surface area contributed by atoms with Gasteiger partial charge in [-0.25, -0.2) is 9.37 Å². The summed E-state index contributed by atoms with van der Waals surface area (Å²) < 4.78 is 16.0. The molecule has 0 bridgehead atoms. The minimum atomic E-state index is -1.24. The molecule has 8 nitrogen and oxygen atoms in total. The molecule has 2 aromatic heterocycles. The van der Waals surface area contributed by atoms with Crippen LogP contribution in [0, 0.1) is 5.82 Å². The molecular formula is C24H21FN4O4. The van der Waals surface area contributed by atoms with Crippen molar-refractivity contribution in [3.8, 4) is 0 Å². The van der Waals surface area contributed by atoms with Gasteiger partial charge >= 0.3 is 0 Å². The van der Waals surface area contributed by atoms with E-state index < -0.39 is 36.4 Å². The Morgan fingerprint density at radius 1 is 1.03 bits per heavy atom. The zero-order valence-electron chi connectivity index (χ0n) is 17.4. The molecule has 0 spiro atoms. The second-order valence-electron chi connectivity index (χ2n) is 7.33. The highest BCUT2D eigenvalue weighted by Gasteiger charge is 2.24. The molecule has 0 saturated carbocycles. The first kappa shape index (κ1) is 22.1. The predicted octanol–water partition coefficient (Wildman–Crippen LogP) is 2.55. The lowest BCUT2D eigenvalue weighted by molar-refractivity contribution is 0.0564. The van der Waals surface area contributed by atoms with E-state index in [9.17, 15) is 24.2 Å². The Hall–Kier alpha value is -4.08. The van der Waals surface area contributed by atoms with Crippen molar-refractivity contribution in [1.82, 2.24) is 14.7 Å². The second-order valence-corrected chi connectivity index (χ2v) is 7.33. The van der Waals surface area contributed by atoms with Crippen LogP contribution < -0.4 is 10.6 Å². The smallest absolute Gasteiger partial charge is 0.274 e. The number of anilines is 1. The maximum Gasteiger partial charge on any atom is 0.274 e. The lowest BCUT2D eigenvalue weighted by atomic mass is 10.0. The van der Waals surface area contributed by atoms with E-state index in [0.29, 0.717) is 11.2 Å². The van der Waals surface area contributed by atoms with E-state index in [0.717, 1.165) is 6.07 Å². The molecular weight excluding hydrogens is 427 g/mol. The zero-order valence-corrected chi connectivity index (χ0v) is 17.4. The molecule has 0 fully saturated rings. The van der Waals surface area contributed by atoms with Crippen molar-refractivity contribution < 1.29 is 24.2 Å².